The van der Waals surface area contributed by atoms with Gasteiger partial charge in [-0.1, -0.05) is 12.1 Å². The monoisotopic (exact) mass is 183 g/mol. The zero-order valence-electron chi connectivity index (χ0n) is 6.43. The highest BCUT2D eigenvalue weighted by Gasteiger charge is 2.04. The molecular weight excluding hydrogens is 174 g/mol. The van der Waals surface area contributed by atoms with Crippen molar-refractivity contribution in [3.63, 3.8) is 0 Å². The number of nitrogens with zero attached hydrogens (tertiary/aromatic N) is 1. The van der Waals surface area contributed by atoms with E-state index in [4.69, 9.17) is 0 Å². The van der Waals surface area contributed by atoms with Crippen molar-refractivity contribution in [2.75, 3.05) is 5.75 Å². The molecule has 0 bridgehead atoms. The third-order valence-corrected chi connectivity index (χ3v) is 1.75. The average Bonchev–Trinajstić information content (AvgIpc) is 2.05. The number of hydrogen-bond donors (Lipinski definition) is 1. The van der Waals surface area contributed by atoms with Crippen LogP contribution in [0.3, 0.4) is 0 Å². The van der Waals surface area contributed by atoms with E-state index in [2.05, 4.69) is 12.6 Å². The van der Waals surface area contributed by atoms with Crippen LogP contribution in [0.1, 0.15) is 5.56 Å². The van der Waals surface area contributed by atoms with Crippen molar-refractivity contribution in [3.05, 3.63) is 39.9 Å². The lowest BCUT2D eigenvalue weighted by Gasteiger charge is -1.96. The second-order valence-corrected chi connectivity index (χ2v) is 2.85. The first-order chi connectivity index (χ1) is 5.74. The summed E-state index contributed by atoms with van der Waals surface area (Å²) in [5.74, 6) is 0.709. The number of aryl methyl sites for hydroxylation is 1. The first-order valence-electron chi connectivity index (χ1n) is 3.58. The number of rotatable bonds is 3. The molecule has 0 atom stereocenters. The van der Waals surface area contributed by atoms with E-state index in [1.54, 1.807) is 12.1 Å². The van der Waals surface area contributed by atoms with Crippen LogP contribution in [0.15, 0.2) is 24.3 Å². The smallest absolute Gasteiger partial charge is 0.258 e. The van der Waals surface area contributed by atoms with Crippen molar-refractivity contribution in [3.8, 4) is 0 Å². The van der Waals surface area contributed by atoms with Gasteiger partial charge >= 0.3 is 0 Å². The summed E-state index contributed by atoms with van der Waals surface area (Å²) >= 11 is 4.05. The van der Waals surface area contributed by atoms with Crippen LogP contribution in [0.25, 0.3) is 0 Å². The lowest BCUT2D eigenvalue weighted by molar-refractivity contribution is -0.384. The van der Waals surface area contributed by atoms with Gasteiger partial charge in [-0.25, -0.2) is 0 Å². The molecule has 0 fully saturated rings. The second-order valence-electron chi connectivity index (χ2n) is 2.40. The highest BCUT2D eigenvalue weighted by Crippen LogP contribution is 2.13. The molecule has 0 N–H and O–H groups in total. The van der Waals surface area contributed by atoms with Crippen molar-refractivity contribution >= 4 is 18.3 Å². The first kappa shape index (κ1) is 9.06. The molecule has 0 spiro atoms. The molecule has 0 heterocycles. The van der Waals surface area contributed by atoms with Crippen LogP contribution in [0, 0.1) is 10.1 Å². The summed E-state index contributed by atoms with van der Waals surface area (Å²) in [7, 11) is 0. The predicted molar refractivity (Wildman–Crippen MR) is 50.7 cm³/mol. The summed E-state index contributed by atoms with van der Waals surface area (Å²) < 4.78 is 0. The van der Waals surface area contributed by atoms with E-state index in [9.17, 15) is 10.1 Å². The zero-order valence-corrected chi connectivity index (χ0v) is 7.33. The number of hydrogen-bond acceptors (Lipinski definition) is 3. The highest BCUT2D eigenvalue weighted by molar-refractivity contribution is 7.80. The van der Waals surface area contributed by atoms with Gasteiger partial charge in [-0.05, 0) is 17.7 Å². The molecule has 3 nitrogen and oxygen atoms in total. The Balaban J connectivity index is 2.88. The fraction of sp³-hybridized carbons (Fsp3) is 0.250. The lowest BCUT2D eigenvalue weighted by atomic mass is 10.1. The summed E-state index contributed by atoms with van der Waals surface area (Å²) in [6.07, 6.45) is 0.769. The van der Waals surface area contributed by atoms with Crippen molar-refractivity contribution < 1.29 is 4.92 Å². The first-order valence-corrected chi connectivity index (χ1v) is 4.21. The standard InChI is InChI=1S/C8H9NO2S/c10-9(11)8-3-1-2-7(6-8)4-5-12/h1-3,6,12H,4-5H2. The molecule has 0 saturated carbocycles. The van der Waals surface area contributed by atoms with Crippen LogP contribution in [0.4, 0.5) is 5.69 Å². The molecule has 0 aromatic heterocycles. The molecule has 12 heavy (non-hydrogen) atoms. The van der Waals surface area contributed by atoms with Gasteiger partial charge in [0.1, 0.15) is 0 Å². The van der Waals surface area contributed by atoms with Crippen LogP contribution in [-0.4, -0.2) is 10.7 Å². The van der Waals surface area contributed by atoms with Crippen molar-refractivity contribution in [1.29, 1.82) is 0 Å². The largest absolute Gasteiger partial charge is 0.269 e. The van der Waals surface area contributed by atoms with Gasteiger partial charge in [-0.2, -0.15) is 12.6 Å². The molecule has 0 unspecified atom stereocenters. The minimum absolute atomic E-state index is 0.147. The van der Waals surface area contributed by atoms with Crippen LogP contribution in [-0.2, 0) is 6.42 Å². The topological polar surface area (TPSA) is 43.1 Å². The lowest BCUT2D eigenvalue weighted by Crippen LogP contribution is -1.90. The van der Waals surface area contributed by atoms with Gasteiger partial charge in [0.25, 0.3) is 5.69 Å². The fourth-order valence-electron chi connectivity index (χ4n) is 0.955. The Kier molecular flexibility index (Phi) is 3.10. The molecule has 0 amide bonds. The molecule has 1 aromatic carbocycles. The zero-order chi connectivity index (χ0) is 8.97. The summed E-state index contributed by atoms with van der Waals surface area (Å²) in [6.45, 7) is 0. The second kappa shape index (κ2) is 4.11. The van der Waals surface area contributed by atoms with E-state index in [0.717, 1.165) is 12.0 Å². The van der Waals surface area contributed by atoms with Crippen LogP contribution in [0.2, 0.25) is 0 Å². The molecule has 0 saturated heterocycles. The van der Waals surface area contributed by atoms with E-state index < -0.39 is 0 Å². The molecule has 4 heteroatoms. The number of benzene rings is 1. The molecule has 0 aliphatic carbocycles. The molecule has 1 rings (SSSR count). The highest BCUT2D eigenvalue weighted by atomic mass is 32.1. The maximum absolute atomic E-state index is 10.3. The average molecular weight is 183 g/mol. The Morgan fingerprint density at radius 1 is 1.50 bits per heavy atom. The van der Waals surface area contributed by atoms with Crippen molar-refractivity contribution in [1.82, 2.24) is 0 Å². The number of nitro groups is 1. The predicted octanol–water partition coefficient (Wildman–Crippen LogP) is 2.07. The van der Waals surface area contributed by atoms with Gasteiger partial charge < -0.3 is 0 Å². The Labute approximate surface area is 76.0 Å². The van der Waals surface area contributed by atoms with Gasteiger partial charge in [-0.15, -0.1) is 0 Å². The molecular formula is C8H9NO2S. The third kappa shape index (κ3) is 2.23. The summed E-state index contributed by atoms with van der Waals surface area (Å²) in [5.41, 5.74) is 1.11. The quantitative estimate of drug-likeness (QED) is 0.443. The number of nitro benzene ring substituents is 1. The van der Waals surface area contributed by atoms with E-state index >= 15 is 0 Å². The van der Waals surface area contributed by atoms with Gasteiger partial charge in [0.15, 0.2) is 0 Å². The summed E-state index contributed by atoms with van der Waals surface area (Å²) in [6, 6.07) is 6.62. The Morgan fingerprint density at radius 2 is 2.25 bits per heavy atom. The maximum atomic E-state index is 10.3. The SMILES string of the molecule is O=[N+]([O-])c1cccc(CCS)c1. The number of thiol groups is 1. The van der Waals surface area contributed by atoms with Crippen molar-refractivity contribution in [2.45, 2.75) is 6.42 Å². The van der Waals surface area contributed by atoms with E-state index in [-0.39, 0.29) is 10.6 Å². The Hall–Kier alpha value is -1.03. The normalized spacial score (nSPS) is 9.75. The van der Waals surface area contributed by atoms with Gasteiger partial charge in [-0.3, -0.25) is 10.1 Å². The van der Waals surface area contributed by atoms with Gasteiger partial charge in [0.2, 0.25) is 0 Å². The Bertz CT molecular complexity index is 288. The molecule has 0 radical (unpaired) electrons. The van der Waals surface area contributed by atoms with Crippen LogP contribution in [0.5, 0.6) is 0 Å². The third-order valence-electron chi connectivity index (χ3n) is 1.52. The van der Waals surface area contributed by atoms with Crippen LogP contribution >= 0.6 is 12.6 Å². The number of non-ortho nitro benzene ring substituents is 1. The molecule has 0 aliphatic heterocycles. The maximum Gasteiger partial charge on any atom is 0.269 e. The molecule has 0 aliphatic rings. The summed E-state index contributed by atoms with van der Waals surface area (Å²) in [5, 5.41) is 10.3. The Morgan fingerprint density at radius 3 is 2.83 bits per heavy atom. The van der Waals surface area contributed by atoms with E-state index in [1.165, 1.54) is 6.07 Å². The van der Waals surface area contributed by atoms with Crippen molar-refractivity contribution in [2.24, 2.45) is 0 Å². The minimum atomic E-state index is -0.387. The summed E-state index contributed by atoms with van der Waals surface area (Å²) in [4.78, 5) is 9.96. The van der Waals surface area contributed by atoms with E-state index in [0.29, 0.717) is 5.75 Å². The van der Waals surface area contributed by atoms with Crippen LogP contribution < -0.4 is 0 Å². The van der Waals surface area contributed by atoms with E-state index in [1.807, 2.05) is 6.07 Å². The van der Waals surface area contributed by atoms with Gasteiger partial charge in [0.05, 0.1) is 4.92 Å². The fourth-order valence-corrected chi connectivity index (χ4v) is 1.21. The van der Waals surface area contributed by atoms with Gasteiger partial charge in [0, 0.05) is 12.1 Å². The minimum Gasteiger partial charge on any atom is -0.258 e. The molecule has 1 aromatic rings. The molecule has 64 valence electrons.